The van der Waals surface area contributed by atoms with Crippen LogP contribution < -0.4 is 0 Å². The van der Waals surface area contributed by atoms with Crippen molar-refractivity contribution in [3.63, 3.8) is 0 Å². The molecular weight excluding hydrogens is 1110 g/mol. The number of hydrogen-bond acceptors (Lipinski definition) is 3. The second kappa shape index (κ2) is 175. The third-order valence-electron chi connectivity index (χ3n) is 2.60. The summed E-state index contributed by atoms with van der Waals surface area (Å²) in [5.74, 6) is 10.9. The Balaban J connectivity index is -0.0000000228. The fourth-order valence-corrected chi connectivity index (χ4v) is 6.71. The van der Waals surface area contributed by atoms with E-state index in [2.05, 4.69) is 90.0 Å². The van der Waals surface area contributed by atoms with Crippen LogP contribution >= 0.6 is 23.5 Å². The van der Waals surface area contributed by atoms with E-state index in [9.17, 15) is 0 Å². The summed E-state index contributed by atoms with van der Waals surface area (Å²) < 4.78 is 75.0. The van der Waals surface area contributed by atoms with Crippen molar-refractivity contribution < 1.29 is 108 Å². The summed E-state index contributed by atoms with van der Waals surface area (Å²) in [6.07, 6.45) is 5.58. The van der Waals surface area contributed by atoms with Crippen molar-refractivity contribution in [3.8, 4) is 0 Å². The number of hydrogen-bond donors (Lipinski definition) is 0. The van der Waals surface area contributed by atoms with Crippen LogP contribution in [0.3, 0.4) is 0 Å². The Morgan fingerprint density at radius 3 is 0.923 bits per heavy atom. The molecule has 17 heteroatoms. The van der Waals surface area contributed by atoms with Gasteiger partial charge in [0.05, 0.1) is 0 Å². The number of thioether (sulfide) groups is 2. The third-order valence-corrected chi connectivity index (χ3v) is 7.79. The SMILES string of the molecule is [C-]#[O+].[C-]#[O+].[C-]#[O+].[C-]#[O+].[C-]#[O+].[C-]#[O+].[C-]#[O+].[C-]#[O+].[C-]#[O+].[C-]#[O+].[Re].[Re].[Re].[S-]CCC[S+]1CCCSCCCSCCC1. The average Bonchev–Trinajstić information content (AvgIpc) is 3.03. The minimum atomic E-state index is 0. The molecule has 0 N–H and O–H groups in total. The molecule has 0 saturated carbocycles. The minimum absolute atomic E-state index is 0. The average molecular weight is 1140 g/mol. The zero-order valence-electron chi connectivity index (χ0n) is 20.3. The van der Waals surface area contributed by atoms with Gasteiger partial charge in [-0.25, -0.2) is 0 Å². The van der Waals surface area contributed by atoms with Crippen molar-refractivity contribution in [3.05, 3.63) is 66.5 Å². The van der Waals surface area contributed by atoms with E-state index in [4.69, 9.17) is 59.2 Å². The molecule has 39 heavy (non-hydrogen) atoms. The summed E-state index contributed by atoms with van der Waals surface area (Å²) in [7, 11) is 0.701. The molecular formula is C22H24O10Re3S4. The second-order valence-corrected chi connectivity index (χ2v) is 9.38. The maximum atomic E-state index is 7.50. The maximum absolute atomic E-state index is 7.50. The normalized spacial score (nSPS) is 9.67. The Kier molecular flexibility index (Phi) is 374. The topological polar surface area (TPSA) is 199 Å². The van der Waals surface area contributed by atoms with Crippen LogP contribution in [0.25, 0.3) is 0 Å². The van der Waals surface area contributed by atoms with E-state index in [-0.39, 0.29) is 61.3 Å². The van der Waals surface area contributed by atoms with Crippen molar-refractivity contribution >= 4 is 47.0 Å². The summed E-state index contributed by atoms with van der Waals surface area (Å²) in [6.45, 7) is 45.0. The molecule has 0 aromatic rings. The summed E-state index contributed by atoms with van der Waals surface area (Å²) >= 11 is 9.39. The van der Waals surface area contributed by atoms with Gasteiger partial charge in [0.1, 0.15) is 17.3 Å². The molecule has 0 atom stereocenters. The van der Waals surface area contributed by atoms with E-state index in [0.29, 0.717) is 10.9 Å². The molecule has 1 heterocycles. The monoisotopic (exact) mass is 1140 g/mol. The summed E-state index contributed by atoms with van der Waals surface area (Å²) in [4.78, 5) is 0. The quantitative estimate of drug-likeness (QED) is 0.239. The zero-order valence-corrected chi connectivity index (χ0v) is 31.7. The van der Waals surface area contributed by atoms with E-state index >= 15 is 0 Å². The molecule has 0 aliphatic carbocycles. The Hall–Kier alpha value is 0.787. The van der Waals surface area contributed by atoms with Gasteiger partial charge in [-0.1, -0.05) is 0 Å². The molecule has 0 amide bonds. The van der Waals surface area contributed by atoms with Gasteiger partial charge >= 0.3 is 113 Å². The zero-order chi connectivity index (χ0) is 31.5. The van der Waals surface area contributed by atoms with Crippen LogP contribution in [0, 0.1) is 66.5 Å². The standard InChI is InChI=1S/C12H24S4.10CO.3Re/c13-5-1-10-16-11-3-8-14-6-2-7-15-9-4-12-16;10*1-2;;;/h1-12H2;;;;;;;;;;;;;. The van der Waals surface area contributed by atoms with Crippen LogP contribution in [-0.4, -0.2) is 46.0 Å². The molecule has 0 aromatic heterocycles. The molecule has 0 spiro atoms. The summed E-state index contributed by atoms with van der Waals surface area (Å²) in [5.41, 5.74) is 0. The molecule has 1 aliphatic rings. The fraction of sp³-hybridized carbons (Fsp3) is 0.545. The first-order chi connectivity index (χ1) is 17.9. The van der Waals surface area contributed by atoms with Crippen LogP contribution in [-0.2, 0) is 131 Å². The third kappa shape index (κ3) is 149. The molecule has 1 saturated heterocycles. The van der Waals surface area contributed by atoms with E-state index in [1.165, 1.54) is 66.0 Å². The van der Waals surface area contributed by atoms with Gasteiger partial charge in [0.25, 0.3) is 0 Å². The van der Waals surface area contributed by atoms with Gasteiger partial charge in [-0.2, -0.15) is 29.3 Å². The Labute approximate surface area is 290 Å². The van der Waals surface area contributed by atoms with Crippen molar-refractivity contribution in [1.82, 2.24) is 0 Å². The van der Waals surface area contributed by atoms with Gasteiger partial charge in [-0.05, 0) is 46.7 Å². The van der Waals surface area contributed by atoms with Crippen LogP contribution in [0.5, 0.6) is 0 Å². The first-order valence-corrected chi connectivity index (χ1v) is 13.0. The van der Waals surface area contributed by atoms with E-state index < -0.39 is 0 Å². The van der Waals surface area contributed by atoms with Crippen molar-refractivity contribution in [2.75, 3.05) is 46.0 Å². The Morgan fingerprint density at radius 2 is 0.692 bits per heavy atom. The molecule has 10 nitrogen and oxygen atoms in total. The van der Waals surface area contributed by atoms with Gasteiger partial charge in [0, 0.05) is 74.1 Å². The molecule has 3 radical (unpaired) electrons. The van der Waals surface area contributed by atoms with Gasteiger partial charge in [0.2, 0.25) is 0 Å². The largest absolute Gasteiger partial charge is 0.792 e. The predicted molar refractivity (Wildman–Crippen MR) is 127 cm³/mol. The molecule has 1 rings (SSSR count). The number of rotatable bonds is 3. The molecule has 1 aliphatic heterocycles. The smallest absolute Gasteiger partial charge is 0.108 e. The van der Waals surface area contributed by atoms with Crippen molar-refractivity contribution in [1.29, 1.82) is 0 Å². The van der Waals surface area contributed by atoms with Gasteiger partial charge in [-0.15, -0.1) is 0 Å². The summed E-state index contributed by atoms with van der Waals surface area (Å²) in [6, 6.07) is 0. The first kappa shape index (κ1) is 83.4. The van der Waals surface area contributed by atoms with Gasteiger partial charge < -0.3 is 12.6 Å². The maximum Gasteiger partial charge on any atom is 0.108 e. The predicted octanol–water partition coefficient (Wildman–Crippen LogP) is 2.81. The van der Waals surface area contributed by atoms with Crippen LogP contribution in [0.2, 0.25) is 0 Å². The molecule has 0 aromatic carbocycles. The minimum Gasteiger partial charge on any atom is -0.792 e. The van der Waals surface area contributed by atoms with Crippen molar-refractivity contribution in [2.24, 2.45) is 0 Å². The van der Waals surface area contributed by atoms with Crippen LogP contribution in [0.4, 0.5) is 0 Å². The molecule has 0 bridgehead atoms. The molecule has 217 valence electrons. The molecule has 1 fully saturated rings. The Morgan fingerprint density at radius 1 is 0.462 bits per heavy atom. The van der Waals surface area contributed by atoms with Crippen molar-refractivity contribution in [2.45, 2.75) is 25.7 Å². The Bertz CT molecular complexity index is 425. The summed E-state index contributed by atoms with van der Waals surface area (Å²) in [5, 5.41) is 0. The fourth-order valence-electron chi connectivity index (χ4n) is 1.77. The van der Waals surface area contributed by atoms with Crippen LogP contribution in [0.15, 0.2) is 0 Å². The second-order valence-electron chi connectivity index (χ2n) is 4.07. The van der Waals surface area contributed by atoms with Gasteiger partial charge in [0.15, 0.2) is 0 Å². The molecule has 0 unspecified atom stereocenters. The van der Waals surface area contributed by atoms with E-state index in [1.54, 1.807) is 0 Å². The van der Waals surface area contributed by atoms with E-state index in [0.717, 1.165) is 5.75 Å². The van der Waals surface area contributed by atoms with Gasteiger partial charge in [-0.3, -0.25) is 0 Å². The first-order valence-electron chi connectivity index (χ1n) is 8.35. The van der Waals surface area contributed by atoms with Crippen LogP contribution in [0.1, 0.15) is 25.7 Å². The van der Waals surface area contributed by atoms with E-state index in [1.807, 2.05) is 0 Å².